The molecule has 1 aliphatic carbocycles. The van der Waals surface area contributed by atoms with Gasteiger partial charge in [0.25, 0.3) is 0 Å². The number of hydrogen-bond acceptors (Lipinski definition) is 8. The Morgan fingerprint density at radius 3 is 2.53 bits per heavy atom. The van der Waals surface area contributed by atoms with Crippen LogP contribution in [-0.4, -0.2) is 60.6 Å². The normalized spacial score (nSPS) is 19.8. The molecule has 8 heteroatoms. The molecule has 0 bridgehead atoms. The number of piperazine rings is 1. The van der Waals surface area contributed by atoms with E-state index in [1.807, 2.05) is 23.2 Å². The van der Waals surface area contributed by atoms with Gasteiger partial charge in [-0.15, -0.1) is 0 Å². The number of carbonyl (C=O) groups excluding carboxylic acids is 1. The summed E-state index contributed by atoms with van der Waals surface area (Å²) in [5.74, 6) is 2.09. The fraction of sp³-hybridized carbons (Fsp3) is 0.458. The van der Waals surface area contributed by atoms with Crippen molar-refractivity contribution in [3.05, 3.63) is 53.6 Å². The highest BCUT2D eigenvalue weighted by atomic mass is 16.5. The van der Waals surface area contributed by atoms with E-state index in [0.29, 0.717) is 11.9 Å². The summed E-state index contributed by atoms with van der Waals surface area (Å²) in [6.45, 7) is 7.61. The summed E-state index contributed by atoms with van der Waals surface area (Å²) in [6.07, 6.45) is 5.14. The summed E-state index contributed by atoms with van der Waals surface area (Å²) in [7, 11) is 1.73. The van der Waals surface area contributed by atoms with Crippen molar-refractivity contribution in [2.75, 3.05) is 43.5 Å². The number of carbonyl (C=O) groups is 1. The Bertz CT molecular complexity index is 967. The summed E-state index contributed by atoms with van der Waals surface area (Å²) in [5.41, 5.74) is 10.1. The highest BCUT2D eigenvalue weighted by Crippen LogP contribution is 2.37. The molecule has 1 saturated heterocycles. The molecule has 0 saturated carbocycles. The van der Waals surface area contributed by atoms with Crippen molar-refractivity contribution in [3.63, 3.8) is 0 Å². The summed E-state index contributed by atoms with van der Waals surface area (Å²) in [5, 5.41) is 3.34. The van der Waals surface area contributed by atoms with Gasteiger partial charge < -0.3 is 25.5 Å². The lowest BCUT2D eigenvalue weighted by Crippen LogP contribution is -2.53. The molecule has 2 heterocycles. The Balaban J connectivity index is 1.44. The molecule has 0 amide bonds. The van der Waals surface area contributed by atoms with Gasteiger partial charge >= 0.3 is 0 Å². The first kappa shape index (κ1) is 22.2. The topological polar surface area (TPSA) is 96.6 Å². The Hall–Kier alpha value is -2.97. The molecule has 1 aromatic heterocycles. The monoisotopic (exact) mass is 436 g/mol. The molecule has 1 aliphatic heterocycles. The molecule has 2 unspecified atom stereocenters. The minimum absolute atomic E-state index is 0.140. The third-order valence-electron chi connectivity index (χ3n) is 6.29. The molecule has 32 heavy (non-hydrogen) atoms. The lowest BCUT2D eigenvalue weighted by atomic mass is 9.83. The first-order valence-corrected chi connectivity index (χ1v) is 11.2. The number of rotatable bonds is 7. The van der Waals surface area contributed by atoms with Crippen LogP contribution in [0.25, 0.3) is 0 Å². The summed E-state index contributed by atoms with van der Waals surface area (Å²) in [4.78, 5) is 24.6. The average molecular weight is 437 g/mol. The first-order chi connectivity index (χ1) is 15.5. The van der Waals surface area contributed by atoms with Crippen LogP contribution in [0.1, 0.15) is 31.0 Å². The van der Waals surface area contributed by atoms with E-state index < -0.39 is 6.17 Å². The molecule has 2 atom stereocenters. The van der Waals surface area contributed by atoms with Crippen LogP contribution in [0.15, 0.2) is 42.3 Å². The molecule has 170 valence electrons. The van der Waals surface area contributed by atoms with Gasteiger partial charge in [-0.1, -0.05) is 13.8 Å². The molecule has 8 nitrogen and oxygen atoms in total. The number of benzene rings is 1. The second kappa shape index (κ2) is 9.67. The van der Waals surface area contributed by atoms with Gasteiger partial charge in [0.2, 0.25) is 5.95 Å². The molecule has 3 N–H and O–H groups in total. The van der Waals surface area contributed by atoms with Crippen LogP contribution in [0.2, 0.25) is 0 Å². The molecular formula is C24H32N6O2. The summed E-state index contributed by atoms with van der Waals surface area (Å²) >= 11 is 0. The van der Waals surface area contributed by atoms with E-state index in [9.17, 15) is 4.79 Å². The summed E-state index contributed by atoms with van der Waals surface area (Å²) < 4.78 is 5.63. The fourth-order valence-corrected chi connectivity index (χ4v) is 4.48. The Morgan fingerprint density at radius 1 is 1.19 bits per heavy atom. The quantitative estimate of drug-likeness (QED) is 0.640. The van der Waals surface area contributed by atoms with E-state index in [0.717, 1.165) is 67.3 Å². The molecule has 1 fully saturated rings. The van der Waals surface area contributed by atoms with Crippen molar-refractivity contribution in [3.8, 4) is 0 Å². The van der Waals surface area contributed by atoms with E-state index in [-0.39, 0.29) is 5.92 Å². The van der Waals surface area contributed by atoms with Crippen molar-refractivity contribution >= 4 is 23.6 Å². The van der Waals surface area contributed by atoms with Crippen molar-refractivity contribution in [2.45, 2.75) is 32.4 Å². The van der Waals surface area contributed by atoms with Gasteiger partial charge in [0.05, 0.1) is 18.7 Å². The zero-order valence-electron chi connectivity index (χ0n) is 19.0. The Kier molecular flexibility index (Phi) is 6.72. The number of nitrogens with zero attached hydrogens (tertiary/aromatic N) is 4. The lowest BCUT2D eigenvalue weighted by molar-refractivity contribution is -0.112. The minimum atomic E-state index is -0.508. The van der Waals surface area contributed by atoms with Crippen molar-refractivity contribution in [1.82, 2.24) is 14.9 Å². The molecular weight excluding hydrogens is 404 g/mol. The maximum atomic E-state index is 10.9. The van der Waals surface area contributed by atoms with Crippen LogP contribution in [0.4, 0.5) is 17.3 Å². The Morgan fingerprint density at radius 2 is 1.91 bits per heavy atom. The third kappa shape index (κ3) is 4.61. The maximum Gasteiger partial charge on any atom is 0.227 e. The van der Waals surface area contributed by atoms with Gasteiger partial charge in [-0.25, -0.2) is 9.97 Å². The third-order valence-corrected chi connectivity index (χ3v) is 6.29. The van der Waals surface area contributed by atoms with Crippen LogP contribution in [-0.2, 0) is 16.0 Å². The number of methoxy groups -OCH3 is 1. The van der Waals surface area contributed by atoms with E-state index in [1.54, 1.807) is 7.11 Å². The highest BCUT2D eigenvalue weighted by molar-refractivity contribution is 5.60. The Labute approximate surface area is 189 Å². The van der Waals surface area contributed by atoms with Crippen LogP contribution in [0.5, 0.6) is 0 Å². The van der Waals surface area contributed by atoms with Crippen LogP contribution >= 0.6 is 0 Å². The number of nitrogens with two attached hydrogens (primary N) is 1. The van der Waals surface area contributed by atoms with Crippen molar-refractivity contribution in [2.24, 2.45) is 11.7 Å². The van der Waals surface area contributed by atoms with Gasteiger partial charge in [-0.2, -0.15) is 0 Å². The second-order valence-corrected chi connectivity index (χ2v) is 8.66. The van der Waals surface area contributed by atoms with Gasteiger partial charge in [0.15, 0.2) is 6.29 Å². The number of anilines is 3. The largest absolute Gasteiger partial charge is 0.501 e. The standard InChI is InChI=1S/C24H32N6O2/c1-16(2)22-20(32-3)9-4-17-14-26-24(28-23(17)22)27-18-5-7-19(8-6-18)29-10-12-30(13-11-29)21(25)15-31/h5-9,14-16,21-22H,4,10-13,25H2,1-3H3,(H,26,27,28). The number of aldehydes is 1. The van der Waals surface area contributed by atoms with E-state index >= 15 is 0 Å². The number of fused-ring (bicyclic) bond motifs is 1. The highest BCUT2D eigenvalue weighted by Gasteiger charge is 2.29. The van der Waals surface area contributed by atoms with Crippen LogP contribution < -0.4 is 16.0 Å². The predicted molar refractivity (Wildman–Crippen MR) is 126 cm³/mol. The molecule has 2 aromatic rings. The number of nitrogens with one attached hydrogen (secondary N) is 1. The molecule has 0 radical (unpaired) electrons. The van der Waals surface area contributed by atoms with E-state index in [1.165, 1.54) is 0 Å². The number of ether oxygens (including phenoxy) is 1. The van der Waals surface area contributed by atoms with Crippen LogP contribution in [0.3, 0.4) is 0 Å². The molecule has 4 rings (SSSR count). The molecule has 0 spiro atoms. The molecule has 1 aromatic carbocycles. The maximum absolute atomic E-state index is 10.9. The lowest BCUT2D eigenvalue weighted by Gasteiger charge is -2.37. The van der Waals surface area contributed by atoms with E-state index in [2.05, 4.69) is 47.3 Å². The van der Waals surface area contributed by atoms with E-state index in [4.69, 9.17) is 15.5 Å². The smallest absolute Gasteiger partial charge is 0.227 e. The first-order valence-electron chi connectivity index (χ1n) is 11.2. The number of allylic oxidation sites excluding steroid dienone is 2. The zero-order chi connectivity index (χ0) is 22.7. The zero-order valence-corrected chi connectivity index (χ0v) is 19.0. The summed E-state index contributed by atoms with van der Waals surface area (Å²) in [6, 6.07) is 8.28. The van der Waals surface area contributed by atoms with Gasteiger partial charge in [0.1, 0.15) is 11.9 Å². The van der Waals surface area contributed by atoms with Gasteiger partial charge in [-0.3, -0.25) is 4.90 Å². The van der Waals surface area contributed by atoms with Gasteiger partial charge in [-0.05, 0) is 48.2 Å². The number of aromatic nitrogens is 2. The fourth-order valence-electron chi connectivity index (χ4n) is 4.48. The number of hydrogen-bond donors (Lipinski definition) is 2. The van der Waals surface area contributed by atoms with Gasteiger partial charge in [0, 0.05) is 43.8 Å². The SMILES string of the molecule is COC1=CCc2cnc(Nc3ccc(N4CCN(C(N)C=O)CC4)cc3)nc2C1C(C)C. The second-order valence-electron chi connectivity index (χ2n) is 8.66. The average Bonchev–Trinajstić information content (AvgIpc) is 2.83. The van der Waals surface area contributed by atoms with Crippen LogP contribution in [0, 0.1) is 5.92 Å². The minimum Gasteiger partial charge on any atom is -0.501 e. The molecule has 2 aliphatic rings. The van der Waals surface area contributed by atoms with Crippen molar-refractivity contribution < 1.29 is 9.53 Å². The predicted octanol–water partition coefficient (Wildman–Crippen LogP) is 2.65. The van der Waals surface area contributed by atoms with Crippen molar-refractivity contribution in [1.29, 1.82) is 0 Å².